The maximum atomic E-state index is 12.3. The van der Waals surface area contributed by atoms with Crippen molar-refractivity contribution in [3.63, 3.8) is 0 Å². The maximum absolute atomic E-state index is 12.3. The van der Waals surface area contributed by atoms with Gasteiger partial charge in [-0.15, -0.1) is 11.8 Å². The Kier molecular flexibility index (Phi) is 5.61. The van der Waals surface area contributed by atoms with Crippen molar-refractivity contribution in [3.05, 3.63) is 75.9 Å². The molecule has 0 saturated carbocycles. The highest BCUT2D eigenvalue weighted by atomic mass is 32.2. The number of methoxy groups -OCH3 is 1. The second kappa shape index (κ2) is 8.08. The minimum atomic E-state index is -0.0422. The summed E-state index contributed by atoms with van der Waals surface area (Å²) in [4.78, 5) is 15.3. The van der Waals surface area contributed by atoms with Gasteiger partial charge in [-0.2, -0.15) is 0 Å². The van der Waals surface area contributed by atoms with Crippen LogP contribution in [0.5, 0.6) is 5.75 Å². The van der Waals surface area contributed by atoms with Crippen molar-refractivity contribution in [1.82, 2.24) is 4.98 Å². The Balaban J connectivity index is 2.06. The van der Waals surface area contributed by atoms with E-state index in [1.165, 1.54) is 0 Å². The summed E-state index contributed by atoms with van der Waals surface area (Å²) in [6.45, 7) is 2.10. The van der Waals surface area contributed by atoms with Gasteiger partial charge in [0, 0.05) is 22.9 Å². The molecule has 3 aromatic rings. The van der Waals surface area contributed by atoms with Crippen LogP contribution in [0.4, 0.5) is 0 Å². The van der Waals surface area contributed by atoms with Gasteiger partial charge in [-0.1, -0.05) is 43.3 Å². The first-order valence-electron chi connectivity index (χ1n) is 8.29. The van der Waals surface area contributed by atoms with Gasteiger partial charge in [-0.25, -0.2) is 0 Å². The zero-order chi connectivity index (χ0) is 17.6. The molecule has 4 heteroatoms. The number of benzene rings is 2. The van der Waals surface area contributed by atoms with Gasteiger partial charge < -0.3 is 9.72 Å². The summed E-state index contributed by atoms with van der Waals surface area (Å²) in [5, 5.41) is 3.06. The Labute approximate surface area is 151 Å². The second-order valence-corrected chi connectivity index (χ2v) is 6.61. The van der Waals surface area contributed by atoms with Gasteiger partial charge in [0.05, 0.1) is 12.6 Å². The van der Waals surface area contributed by atoms with Crippen LogP contribution >= 0.6 is 11.8 Å². The molecular weight excluding hydrogens is 330 g/mol. The van der Waals surface area contributed by atoms with Gasteiger partial charge >= 0.3 is 0 Å². The van der Waals surface area contributed by atoms with E-state index in [1.54, 1.807) is 18.9 Å². The van der Waals surface area contributed by atoms with Crippen LogP contribution in [0, 0.1) is 0 Å². The third kappa shape index (κ3) is 3.97. The van der Waals surface area contributed by atoms with E-state index in [0.29, 0.717) is 5.75 Å². The quantitative estimate of drug-likeness (QED) is 0.650. The van der Waals surface area contributed by atoms with Gasteiger partial charge in [0.2, 0.25) is 0 Å². The molecule has 1 aromatic heterocycles. The van der Waals surface area contributed by atoms with Gasteiger partial charge in [0.25, 0.3) is 5.56 Å². The van der Waals surface area contributed by atoms with Crippen molar-refractivity contribution in [1.29, 1.82) is 0 Å². The Morgan fingerprint density at radius 1 is 1.16 bits per heavy atom. The Hall–Kier alpha value is -2.46. The van der Waals surface area contributed by atoms with Gasteiger partial charge in [-0.3, -0.25) is 4.79 Å². The molecule has 0 amide bonds. The average Bonchev–Trinajstić information content (AvgIpc) is 2.65. The topological polar surface area (TPSA) is 42.1 Å². The molecule has 3 rings (SSSR count). The standard InChI is InChI=1S/C21H21NO2S/c1-3-4-10-25-14-17-11-16-12-18(15-8-6-5-7-9-15)20(24-2)13-19(16)22-21(17)23/h4-13H,3,14H2,1-2H3,(H,22,23)/b10-4-. The number of allylic oxidation sites excluding steroid dienone is 1. The highest BCUT2D eigenvalue weighted by Crippen LogP contribution is 2.33. The van der Waals surface area contributed by atoms with E-state index < -0.39 is 0 Å². The number of fused-ring (bicyclic) bond motifs is 1. The van der Waals surface area contributed by atoms with Gasteiger partial charge in [0.1, 0.15) is 5.75 Å². The van der Waals surface area contributed by atoms with Crippen molar-refractivity contribution in [2.75, 3.05) is 7.11 Å². The maximum Gasteiger partial charge on any atom is 0.252 e. The molecule has 25 heavy (non-hydrogen) atoms. The SMILES string of the molecule is CC/C=C\SCc1cc2cc(-c3ccccc3)c(OC)cc2[nH]c1=O. The van der Waals surface area contributed by atoms with Crippen LogP contribution in [-0.2, 0) is 5.75 Å². The van der Waals surface area contributed by atoms with Crippen molar-refractivity contribution < 1.29 is 4.74 Å². The molecule has 0 aliphatic heterocycles. The van der Waals surface area contributed by atoms with Gasteiger partial charge in [0.15, 0.2) is 0 Å². The van der Waals surface area contributed by atoms with Crippen LogP contribution in [0.1, 0.15) is 18.9 Å². The molecule has 0 saturated heterocycles. The lowest BCUT2D eigenvalue weighted by Gasteiger charge is -2.11. The van der Waals surface area contributed by atoms with E-state index in [9.17, 15) is 4.79 Å². The number of pyridine rings is 1. The number of H-pyrrole nitrogens is 1. The molecule has 0 aliphatic rings. The molecule has 1 N–H and O–H groups in total. The van der Waals surface area contributed by atoms with E-state index in [4.69, 9.17) is 4.74 Å². The lowest BCUT2D eigenvalue weighted by Crippen LogP contribution is -2.11. The fraction of sp³-hybridized carbons (Fsp3) is 0.190. The second-order valence-electron chi connectivity index (χ2n) is 5.72. The summed E-state index contributed by atoms with van der Waals surface area (Å²) in [6.07, 6.45) is 3.10. The van der Waals surface area contributed by atoms with E-state index in [0.717, 1.165) is 39.8 Å². The van der Waals surface area contributed by atoms with Gasteiger partial charge in [-0.05, 0) is 34.9 Å². The Bertz CT molecular complexity index is 945. The van der Waals surface area contributed by atoms with Crippen LogP contribution in [0.3, 0.4) is 0 Å². The number of aromatic nitrogens is 1. The fourth-order valence-electron chi connectivity index (χ4n) is 2.70. The molecule has 0 spiro atoms. The summed E-state index contributed by atoms with van der Waals surface area (Å²) in [5.41, 5.74) is 3.64. The smallest absolute Gasteiger partial charge is 0.252 e. The molecule has 1 heterocycles. The number of rotatable bonds is 6. The first-order chi connectivity index (χ1) is 12.2. The summed E-state index contributed by atoms with van der Waals surface area (Å²) in [6, 6.07) is 16.1. The van der Waals surface area contributed by atoms with Crippen molar-refractivity contribution in [2.45, 2.75) is 19.1 Å². The third-order valence-electron chi connectivity index (χ3n) is 3.99. The average molecular weight is 351 g/mol. The monoisotopic (exact) mass is 351 g/mol. The predicted octanol–water partition coefficient (Wildman–Crippen LogP) is 5.36. The van der Waals surface area contributed by atoms with E-state index in [1.807, 2.05) is 35.7 Å². The van der Waals surface area contributed by atoms with Crippen molar-refractivity contribution in [2.24, 2.45) is 0 Å². The van der Waals surface area contributed by atoms with Crippen LogP contribution in [-0.4, -0.2) is 12.1 Å². The third-order valence-corrected chi connectivity index (χ3v) is 4.86. The summed E-state index contributed by atoms with van der Waals surface area (Å²) >= 11 is 1.64. The molecule has 2 aromatic carbocycles. The lowest BCUT2D eigenvalue weighted by atomic mass is 10.0. The van der Waals surface area contributed by atoms with Crippen LogP contribution < -0.4 is 10.3 Å². The summed E-state index contributed by atoms with van der Waals surface area (Å²) in [5.74, 6) is 1.41. The number of hydrogen-bond donors (Lipinski definition) is 1. The number of aromatic amines is 1. The number of nitrogens with one attached hydrogen (secondary N) is 1. The molecule has 0 aliphatic carbocycles. The number of ether oxygens (including phenoxy) is 1. The highest BCUT2D eigenvalue weighted by molar-refractivity contribution is 8.01. The summed E-state index contributed by atoms with van der Waals surface area (Å²) in [7, 11) is 1.65. The van der Waals surface area contributed by atoms with E-state index in [-0.39, 0.29) is 5.56 Å². The Morgan fingerprint density at radius 3 is 2.68 bits per heavy atom. The number of thioether (sulfide) groups is 1. The van der Waals surface area contributed by atoms with E-state index >= 15 is 0 Å². The predicted molar refractivity (Wildman–Crippen MR) is 107 cm³/mol. The lowest BCUT2D eigenvalue weighted by molar-refractivity contribution is 0.417. The van der Waals surface area contributed by atoms with Crippen molar-refractivity contribution >= 4 is 22.7 Å². The van der Waals surface area contributed by atoms with Crippen LogP contribution in [0.2, 0.25) is 0 Å². The van der Waals surface area contributed by atoms with Crippen molar-refractivity contribution in [3.8, 4) is 16.9 Å². The zero-order valence-corrected chi connectivity index (χ0v) is 15.2. The first kappa shape index (κ1) is 17.4. The fourth-order valence-corrected chi connectivity index (χ4v) is 3.52. The molecule has 0 bridgehead atoms. The highest BCUT2D eigenvalue weighted by Gasteiger charge is 2.10. The van der Waals surface area contributed by atoms with Crippen LogP contribution in [0.25, 0.3) is 22.0 Å². The molecule has 0 fully saturated rings. The molecule has 0 atom stereocenters. The summed E-state index contributed by atoms with van der Waals surface area (Å²) < 4.78 is 5.53. The normalized spacial score (nSPS) is 11.3. The zero-order valence-electron chi connectivity index (χ0n) is 14.4. The Morgan fingerprint density at radius 2 is 1.96 bits per heavy atom. The minimum Gasteiger partial charge on any atom is -0.496 e. The van der Waals surface area contributed by atoms with E-state index in [2.05, 4.69) is 36.2 Å². The molecule has 0 radical (unpaired) electrons. The molecule has 128 valence electrons. The molecular formula is C21H21NO2S. The molecule has 0 unspecified atom stereocenters. The molecule has 3 nitrogen and oxygen atoms in total. The minimum absolute atomic E-state index is 0.0422. The number of hydrogen-bond acceptors (Lipinski definition) is 3. The first-order valence-corrected chi connectivity index (χ1v) is 9.33. The largest absolute Gasteiger partial charge is 0.496 e. The van der Waals surface area contributed by atoms with Crippen LogP contribution in [0.15, 0.2) is 64.8 Å².